The van der Waals surface area contributed by atoms with Crippen molar-refractivity contribution in [3.8, 4) is 0 Å². The van der Waals surface area contributed by atoms with Crippen LogP contribution >= 0.6 is 12.2 Å². The number of carbonyl (C=O) groups excluding carboxylic acids is 3. The SMILES string of the molecule is CCCCC(NC(=O)CNC(=S)Nc1cccc(C(=O)OCC)c1)C(=O)OC. The van der Waals surface area contributed by atoms with Gasteiger partial charge in [0, 0.05) is 5.69 Å². The number of anilines is 1. The van der Waals surface area contributed by atoms with Gasteiger partial charge < -0.3 is 25.4 Å². The van der Waals surface area contributed by atoms with E-state index in [1.165, 1.54) is 7.11 Å². The minimum absolute atomic E-state index is 0.108. The van der Waals surface area contributed by atoms with Crippen LogP contribution in [0.2, 0.25) is 0 Å². The van der Waals surface area contributed by atoms with Crippen molar-refractivity contribution in [1.29, 1.82) is 0 Å². The quantitative estimate of drug-likeness (QED) is 0.398. The highest BCUT2D eigenvalue weighted by Gasteiger charge is 2.20. The number of hydrogen-bond acceptors (Lipinski definition) is 6. The van der Waals surface area contributed by atoms with Crippen LogP contribution in [-0.4, -0.2) is 49.3 Å². The third-order valence-electron chi connectivity index (χ3n) is 3.71. The Morgan fingerprint density at radius 1 is 1.21 bits per heavy atom. The van der Waals surface area contributed by atoms with E-state index in [1.54, 1.807) is 31.2 Å². The minimum Gasteiger partial charge on any atom is -0.467 e. The molecule has 3 N–H and O–H groups in total. The van der Waals surface area contributed by atoms with Crippen molar-refractivity contribution < 1.29 is 23.9 Å². The van der Waals surface area contributed by atoms with Gasteiger partial charge in [0.05, 0.1) is 25.8 Å². The summed E-state index contributed by atoms with van der Waals surface area (Å²) >= 11 is 5.16. The molecule has 0 radical (unpaired) electrons. The third-order valence-corrected chi connectivity index (χ3v) is 3.95. The van der Waals surface area contributed by atoms with Crippen molar-refractivity contribution >= 4 is 40.9 Å². The van der Waals surface area contributed by atoms with Gasteiger partial charge in [-0.05, 0) is 43.8 Å². The predicted molar refractivity (Wildman–Crippen MR) is 110 cm³/mol. The first kappa shape index (κ1) is 23.4. The van der Waals surface area contributed by atoms with Crippen molar-refractivity contribution in [3.05, 3.63) is 29.8 Å². The Hall–Kier alpha value is -2.68. The molecule has 1 aromatic carbocycles. The molecule has 0 saturated heterocycles. The molecule has 0 aromatic heterocycles. The molecule has 0 spiro atoms. The summed E-state index contributed by atoms with van der Waals surface area (Å²) < 4.78 is 9.67. The van der Waals surface area contributed by atoms with Gasteiger partial charge in [-0.25, -0.2) is 9.59 Å². The Balaban J connectivity index is 2.53. The molecule has 0 saturated carbocycles. The van der Waals surface area contributed by atoms with E-state index >= 15 is 0 Å². The smallest absolute Gasteiger partial charge is 0.338 e. The lowest BCUT2D eigenvalue weighted by Crippen LogP contribution is -2.46. The number of ether oxygens (including phenoxy) is 2. The Morgan fingerprint density at radius 2 is 1.96 bits per heavy atom. The number of carbonyl (C=O) groups is 3. The van der Waals surface area contributed by atoms with Gasteiger partial charge in [-0.3, -0.25) is 4.79 Å². The molecule has 1 amide bonds. The highest BCUT2D eigenvalue weighted by Crippen LogP contribution is 2.11. The molecule has 8 nitrogen and oxygen atoms in total. The molecule has 0 aliphatic carbocycles. The molecule has 0 heterocycles. The summed E-state index contributed by atoms with van der Waals surface area (Å²) in [7, 11) is 1.29. The number of methoxy groups -OCH3 is 1. The average Bonchev–Trinajstić information content (AvgIpc) is 2.69. The highest BCUT2D eigenvalue weighted by atomic mass is 32.1. The van der Waals surface area contributed by atoms with Gasteiger partial charge >= 0.3 is 11.9 Å². The number of esters is 2. The van der Waals surface area contributed by atoms with Gasteiger partial charge in [0.2, 0.25) is 5.91 Å². The molecule has 154 valence electrons. The van der Waals surface area contributed by atoms with Crippen molar-refractivity contribution in [2.45, 2.75) is 39.2 Å². The largest absolute Gasteiger partial charge is 0.467 e. The van der Waals surface area contributed by atoms with Crippen molar-refractivity contribution in [1.82, 2.24) is 10.6 Å². The van der Waals surface area contributed by atoms with E-state index in [0.717, 1.165) is 12.8 Å². The van der Waals surface area contributed by atoms with Gasteiger partial charge in [-0.15, -0.1) is 0 Å². The second-order valence-corrected chi connectivity index (χ2v) is 6.30. The fourth-order valence-electron chi connectivity index (χ4n) is 2.32. The van der Waals surface area contributed by atoms with E-state index in [-0.39, 0.29) is 24.2 Å². The third kappa shape index (κ3) is 8.34. The van der Waals surface area contributed by atoms with Gasteiger partial charge in [0.15, 0.2) is 5.11 Å². The Kier molecular flexibility index (Phi) is 10.6. The average molecular weight is 410 g/mol. The van der Waals surface area contributed by atoms with Crippen LogP contribution in [0.3, 0.4) is 0 Å². The predicted octanol–water partition coefficient (Wildman–Crippen LogP) is 2.00. The van der Waals surface area contributed by atoms with Crippen LogP contribution in [-0.2, 0) is 19.1 Å². The normalized spacial score (nSPS) is 11.1. The van der Waals surface area contributed by atoms with Gasteiger partial charge in [-0.2, -0.15) is 0 Å². The first-order valence-corrected chi connectivity index (χ1v) is 9.51. The topological polar surface area (TPSA) is 106 Å². The lowest BCUT2D eigenvalue weighted by molar-refractivity contribution is -0.145. The van der Waals surface area contributed by atoms with Crippen molar-refractivity contribution in [2.24, 2.45) is 0 Å². The van der Waals surface area contributed by atoms with E-state index in [4.69, 9.17) is 21.7 Å². The van der Waals surface area contributed by atoms with Crippen molar-refractivity contribution in [2.75, 3.05) is 25.6 Å². The van der Waals surface area contributed by atoms with Crippen LogP contribution in [0.4, 0.5) is 5.69 Å². The molecule has 28 heavy (non-hydrogen) atoms. The van der Waals surface area contributed by atoms with Gasteiger partial charge in [0.1, 0.15) is 6.04 Å². The van der Waals surface area contributed by atoms with Crippen LogP contribution < -0.4 is 16.0 Å². The number of rotatable bonds is 10. The highest BCUT2D eigenvalue weighted by molar-refractivity contribution is 7.80. The van der Waals surface area contributed by atoms with E-state index in [0.29, 0.717) is 17.7 Å². The lowest BCUT2D eigenvalue weighted by atomic mass is 10.1. The number of thiocarbonyl (C=S) groups is 1. The maximum absolute atomic E-state index is 12.1. The van der Waals surface area contributed by atoms with Crippen LogP contribution in [0, 0.1) is 0 Å². The summed E-state index contributed by atoms with van der Waals surface area (Å²) in [5, 5.41) is 8.50. The second-order valence-electron chi connectivity index (χ2n) is 5.89. The summed E-state index contributed by atoms with van der Waals surface area (Å²) in [6.07, 6.45) is 2.21. The maximum atomic E-state index is 12.1. The number of benzene rings is 1. The van der Waals surface area contributed by atoms with E-state index in [1.807, 2.05) is 6.92 Å². The van der Waals surface area contributed by atoms with Crippen LogP contribution in [0.5, 0.6) is 0 Å². The minimum atomic E-state index is -0.679. The van der Waals surface area contributed by atoms with Crippen LogP contribution in [0.15, 0.2) is 24.3 Å². The van der Waals surface area contributed by atoms with Gasteiger partial charge in [-0.1, -0.05) is 25.8 Å². The van der Waals surface area contributed by atoms with E-state index < -0.39 is 18.0 Å². The summed E-state index contributed by atoms with van der Waals surface area (Å²) in [4.78, 5) is 35.6. The van der Waals surface area contributed by atoms with E-state index in [2.05, 4.69) is 16.0 Å². The summed E-state index contributed by atoms with van der Waals surface area (Å²) in [5.41, 5.74) is 0.975. The summed E-state index contributed by atoms with van der Waals surface area (Å²) in [6, 6.07) is 5.98. The summed E-state index contributed by atoms with van der Waals surface area (Å²) in [6.45, 7) is 3.91. The van der Waals surface area contributed by atoms with E-state index in [9.17, 15) is 14.4 Å². The fraction of sp³-hybridized carbons (Fsp3) is 0.474. The zero-order valence-electron chi connectivity index (χ0n) is 16.4. The molecule has 0 aliphatic rings. The molecule has 9 heteroatoms. The Morgan fingerprint density at radius 3 is 2.61 bits per heavy atom. The molecule has 0 fully saturated rings. The van der Waals surface area contributed by atoms with Gasteiger partial charge in [0.25, 0.3) is 0 Å². The number of unbranched alkanes of at least 4 members (excludes halogenated alkanes) is 1. The molecular formula is C19H27N3O5S. The monoisotopic (exact) mass is 409 g/mol. The molecule has 1 aromatic rings. The van der Waals surface area contributed by atoms with Crippen LogP contribution in [0.25, 0.3) is 0 Å². The van der Waals surface area contributed by atoms with Crippen molar-refractivity contribution in [3.63, 3.8) is 0 Å². The molecule has 1 unspecified atom stereocenters. The number of hydrogen-bond donors (Lipinski definition) is 3. The fourth-order valence-corrected chi connectivity index (χ4v) is 2.51. The zero-order valence-corrected chi connectivity index (χ0v) is 17.2. The lowest BCUT2D eigenvalue weighted by Gasteiger charge is -2.17. The molecule has 0 bridgehead atoms. The number of nitrogens with one attached hydrogen (secondary N) is 3. The molecule has 0 aliphatic heterocycles. The first-order valence-electron chi connectivity index (χ1n) is 9.10. The second kappa shape index (κ2) is 12.7. The first-order chi connectivity index (χ1) is 13.4. The zero-order chi connectivity index (χ0) is 20.9. The molecular weight excluding hydrogens is 382 g/mol. The summed E-state index contributed by atoms with van der Waals surface area (Å²) in [5.74, 6) is -1.28. The Bertz CT molecular complexity index is 696. The maximum Gasteiger partial charge on any atom is 0.338 e. The number of amides is 1. The standard InChI is InChI=1S/C19H27N3O5S/c1-4-6-10-15(18(25)26-3)22-16(23)12-20-19(28)21-14-9-7-8-13(11-14)17(24)27-5-2/h7-9,11,15H,4-6,10,12H2,1-3H3,(H,22,23)(H2,20,21,28). The molecule has 1 rings (SSSR count). The Labute approximate surface area is 170 Å². The molecule has 1 atom stereocenters. The van der Waals surface area contributed by atoms with Crippen LogP contribution in [0.1, 0.15) is 43.5 Å².